The number of aromatic nitrogens is 1. The Morgan fingerprint density at radius 3 is 2.73 bits per heavy atom. The number of hydrogen-bond donors (Lipinski definition) is 3. The van der Waals surface area contributed by atoms with Crippen LogP contribution in [0.5, 0.6) is 11.6 Å². The van der Waals surface area contributed by atoms with E-state index in [0.29, 0.717) is 28.1 Å². The number of thiocarbonyl (C=S) groups is 1. The van der Waals surface area contributed by atoms with Crippen LogP contribution in [0, 0.1) is 26.0 Å². The van der Waals surface area contributed by atoms with Crippen molar-refractivity contribution in [3.63, 3.8) is 0 Å². The van der Waals surface area contributed by atoms with Crippen molar-refractivity contribution in [2.75, 3.05) is 16.4 Å². The van der Waals surface area contributed by atoms with Gasteiger partial charge >= 0.3 is 0 Å². The molecule has 6 heteroatoms. The second-order valence-corrected chi connectivity index (χ2v) is 6.15. The maximum Gasteiger partial charge on any atom is 0.253 e. The SMILES string of the molecule is Cc1ccc(NC(=S)Nc2c#ccnc2Oc2ccccc2C)c(N)c1. The molecular weight excluding hydrogens is 344 g/mol. The fourth-order valence-corrected chi connectivity index (χ4v) is 2.53. The van der Waals surface area contributed by atoms with Crippen molar-refractivity contribution >= 4 is 34.4 Å². The number of anilines is 3. The number of rotatable bonds is 4. The zero-order chi connectivity index (χ0) is 18.5. The number of aryl methyl sites for hydroxylation is 2. The fourth-order valence-electron chi connectivity index (χ4n) is 2.31. The lowest BCUT2D eigenvalue weighted by atomic mass is 10.2. The van der Waals surface area contributed by atoms with Crippen molar-refractivity contribution in [1.82, 2.24) is 4.98 Å². The Bertz CT molecular complexity index is 943. The van der Waals surface area contributed by atoms with Crippen LogP contribution in [-0.4, -0.2) is 10.1 Å². The highest BCUT2D eigenvalue weighted by Crippen LogP contribution is 2.28. The Morgan fingerprint density at radius 2 is 1.96 bits per heavy atom. The van der Waals surface area contributed by atoms with E-state index >= 15 is 0 Å². The van der Waals surface area contributed by atoms with Gasteiger partial charge in [0.25, 0.3) is 5.88 Å². The third kappa shape index (κ3) is 4.21. The van der Waals surface area contributed by atoms with Gasteiger partial charge in [-0.05, 0) is 67.5 Å². The molecule has 0 radical (unpaired) electrons. The number of hydrogen-bond acceptors (Lipinski definition) is 4. The molecule has 3 aromatic rings. The van der Waals surface area contributed by atoms with Crippen molar-refractivity contribution in [2.45, 2.75) is 13.8 Å². The third-order valence-corrected chi connectivity index (χ3v) is 3.86. The van der Waals surface area contributed by atoms with Crippen LogP contribution in [0.4, 0.5) is 17.1 Å². The summed E-state index contributed by atoms with van der Waals surface area (Å²) in [6.07, 6.45) is 1.49. The molecule has 0 spiro atoms. The molecule has 26 heavy (non-hydrogen) atoms. The molecule has 4 N–H and O–H groups in total. The summed E-state index contributed by atoms with van der Waals surface area (Å²) in [5, 5.41) is 6.45. The van der Waals surface area contributed by atoms with E-state index in [1.807, 2.05) is 56.3 Å². The Hall–Kier alpha value is -3.30. The summed E-state index contributed by atoms with van der Waals surface area (Å²) in [4.78, 5) is 4.22. The van der Waals surface area contributed by atoms with Crippen LogP contribution >= 0.6 is 12.2 Å². The minimum absolute atomic E-state index is 0.354. The molecule has 3 rings (SSSR count). The summed E-state index contributed by atoms with van der Waals surface area (Å²) >= 11 is 5.37. The molecule has 0 bridgehead atoms. The lowest BCUT2D eigenvalue weighted by molar-refractivity contribution is 0.462. The third-order valence-electron chi connectivity index (χ3n) is 3.65. The number of nitrogens with one attached hydrogen (secondary N) is 2. The van der Waals surface area contributed by atoms with Gasteiger partial charge in [0.1, 0.15) is 5.75 Å². The van der Waals surface area contributed by atoms with Crippen molar-refractivity contribution in [2.24, 2.45) is 0 Å². The van der Waals surface area contributed by atoms with Crippen LogP contribution in [0.25, 0.3) is 0 Å². The first-order chi connectivity index (χ1) is 12.5. The Kier molecular flexibility index (Phi) is 5.20. The molecule has 1 heterocycles. The second-order valence-electron chi connectivity index (χ2n) is 5.75. The van der Waals surface area contributed by atoms with Gasteiger partial charge in [0, 0.05) is 0 Å². The van der Waals surface area contributed by atoms with Gasteiger partial charge in [0.2, 0.25) is 0 Å². The quantitative estimate of drug-likeness (QED) is 0.469. The van der Waals surface area contributed by atoms with E-state index in [0.717, 1.165) is 16.8 Å². The highest BCUT2D eigenvalue weighted by Gasteiger charge is 2.10. The summed E-state index contributed by atoms with van der Waals surface area (Å²) in [6.45, 7) is 3.94. The zero-order valence-corrected chi connectivity index (χ0v) is 15.3. The van der Waals surface area contributed by atoms with E-state index in [1.165, 1.54) is 6.20 Å². The van der Waals surface area contributed by atoms with Crippen molar-refractivity contribution in [3.05, 3.63) is 71.9 Å². The summed E-state index contributed by atoms with van der Waals surface area (Å²) in [6, 6.07) is 19.1. The van der Waals surface area contributed by atoms with E-state index in [4.69, 9.17) is 22.7 Å². The van der Waals surface area contributed by atoms with Gasteiger partial charge in [-0.25, -0.2) is 4.98 Å². The molecule has 0 aliphatic rings. The molecule has 0 unspecified atom stereocenters. The molecule has 2 aromatic carbocycles. The standard InChI is InChI=1S/C20H18N4OS/c1-13-9-10-16(15(21)12-13)23-20(26)24-17-7-5-11-22-19(17)25-18-8-4-3-6-14(18)2/h3-4,6,8-12H,21H2,1-2H3,(H2,23,24,26). The number of nitrogens with two attached hydrogens (primary N) is 1. The van der Waals surface area contributed by atoms with Crippen molar-refractivity contribution in [3.8, 4) is 11.6 Å². The molecule has 0 saturated heterocycles. The lowest BCUT2D eigenvalue weighted by Gasteiger charge is -2.14. The van der Waals surface area contributed by atoms with E-state index in [2.05, 4.69) is 27.8 Å². The van der Waals surface area contributed by atoms with E-state index in [-0.39, 0.29) is 0 Å². The van der Waals surface area contributed by atoms with Gasteiger partial charge in [-0.1, -0.05) is 24.3 Å². The molecule has 0 atom stereocenters. The molecule has 0 aliphatic heterocycles. The van der Waals surface area contributed by atoms with Gasteiger partial charge in [0.05, 0.1) is 17.6 Å². The lowest BCUT2D eigenvalue weighted by Crippen LogP contribution is -2.20. The van der Waals surface area contributed by atoms with Gasteiger partial charge in [-0.15, -0.1) is 0 Å². The zero-order valence-electron chi connectivity index (χ0n) is 14.5. The smallest absolute Gasteiger partial charge is 0.253 e. The molecule has 0 amide bonds. The molecule has 1 aromatic heterocycles. The maximum absolute atomic E-state index is 6.01. The van der Waals surface area contributed by atoms with Crippen LogP contribution in [-0.2, 0) is 0 Å². The average molecular weight is 362 g/mol. The van der Waals surface area contributed by atoms with Crippen LogP contribution < -0.4 is 21.1 Å². The minimum atomic E-state index is 0.354. The van der Waals surface area contributed by atoms with Gasteiger partial charge in [0.15, 0.2) is 10.8 Å². The van der Waals surface area contributed by atoms with E-state index in [9.17, 15) is 0 Å². The number of para-hydroxylation sites is 1. The summed E-state index contributed by atoms with van der Waals surface area (Å²) < 4.78 is 5.89. The Morgan fingerprint density at radius 1 is 1.15 bits per heavy atom. The minimum Gasteiger partial charge on any atom is -0.436 e. The van der Waals surface area contributed by atoms with E-state index < -0.39 is 0 Å². The molecular formula is C20H18N4OS. The summed E-state index contributed by atoms with van der Waals surface area (Å²) in [7, 11) is 0. The molecule has 130 valence electrons. The topological polar surface area (TPSA) is 72.2 Å². The first-order valence-corrected chi connectivity index (χ1v) is 8.40. The summed E-state index contributed by atoms with van der Waals surface area (Å²) in [5.41, 5.74) is 9.92. The number of benzene rings is 2. The first-order valence-electron chi connectivity index (χ1n) is 7.99. The van der Waals surface area contributed by atoms with Gasteiger partial charge < -0.3 is 21.1 Å². The van der Waals surface area contributed by atoms with Crippen LogP contribution in [0.1, 0.15) is 11.1 Å². The Labute approximate surface area is 158 Å². The van der Waals surface area contributed by atoms with E-state index in [1.54, 1.807) is 0 Å². The molecule has 0 aliphatic carbocycles. The van der Waals surface area contributed by atoms with Gasteiger partial charge in [-0.2, -0.15) is 0 Å². The van der Waals surface area contributed by atoms with Crippen LogP contribution in [0.2, 0.25) is 0 Å². The maximum atomic E-state index is 6.01. The van der Waals surface area contributed by atoms with Gasteiger partial charge in [-0.3, -0.25) is 0 Å². The molecule has 0 saturated carbocycles. The Balaban J connectivity index is 1.75. The normalized spacial score (nSPS) is 9.92. The highest BCUT2D eigenvalue weighted by atomic mass is 32.1. The number of nitrogens with zero attached hydrogens (tertiary/aromatic N) is 1. The average Bonchev–Trinajstić information content (AvgIpc) is 2.61. The monoisotopic (exact) mass is 362 g/mol. The fraction of sp³-hybridized carbons (Fsp3) is 0.100. The summed E-state index contributed by atoms with van der Waals surface area (Å²) in [5.74, 6) is 1.07. The number of nitrogen functional groups attached to an aromatic ring is 1. The predicted octanol–water partition coefficient (Wildman–Crippen LogP) is 4.48. The van der Waals surface area contributed by atoms with Crippen LogP contribution in [0.3, 0.4) is 0 Å². The van der Waals surface area contributed by atoms with Crippen LogP contribution in [0.15, 0.2) is 48.7 Å². The highest BCUT2D eigenvalue weighted by molar-refractivity contribution is 7.80. The second kappa shape index (κ2) is 7.72. The number of ether oxygens (including phenoxy) is 1. The van der Waals surface area contributed by atoms with Crippen molar-refractivity contribution in [1.29, 1.82) is 0 Å². The molecule has 5 nitrogen and oxygen atoms in total. The predicted molar refractivity (Wildman–Crippen MR) is 109 cm³/mol. The molecule has 0 fully saturated rings. The first kappa shape index (κ1) is 17.5. The van der Waals surface area contributed by atoms with Crippen molar-refractivity contribution < 1.29 is 4.74 Å². The largest absolute Gasteiger partial charge is 0.436 e.